The average molecular weight is 377 g/mol. The molecule has 1 heterocycles. The fourth-order valence-electron chi connectivity index (χ4n) is 2.92. The Morgan fingerprint density at radius 2 is 1.88 bits per heavy atom. The van der Waals surface area contributed by atoms with E-state index in [0.29, 0.717) is 18.5 Å². The van der Waals surface area contributed by atoms with Crippen molar-refractivity contribution in [2.45, 2.75) is 32.4 Å². The van der Waals surface area contributed by atoms with Gasteiger partial charge in [0.1, 0.15) is 6.10 Å². The van der Waals surface area contributed by atoms with Gasteiger partial charge in [-0.05, 0) is 44.0 Å². The molecule has 1 aromatic heterocycles. The van der Waals surface area contributed by atoms with Gasteiger partial charge in [0.15, 0.2) is 5.96 Å². The molecule has 2 aromatic rings. The van der Waals surface area contributed by atoms with Crippen molar-refractivity contribution in [3.8, 4) is 0 Å². The van der Waals surface area contributed by atoms with Crippen molar-refractivity contribution < 1.29 is 5.11 Å². The van der Waals surface area contributed by atoms with Gasteiger partial charge < -0.3 is 20.6 Å². The first-order valence-electron chi connectivity index (χ1n) is 9.18. The predicted molar refractivity (Wildman–Crippen MR) is 113 cm³/mol. The van der Waals surface area contributed by atoms with Crippen LogP contribution in [0.2, 0.25) is 0 Å². The van der Waals surface area contributed by atoms with Crippen molar-refractivity contribution in [2.24, 2.45) is 10.9 Å². The van der Waals surface area contributed by atoms with Crippen molar-refractivity contribution in [1.82, 2.24) is 15.5 Å². The van der Waals surface area contributed by atoms with Crippen LogP contribution in [-0.2, 0) is 0 Å². The number of likely N-dealkylation sites (N-methyl/N-ethyl adjacent to an activating group) is 1. The first kappa shape index (κ1) is 20.7. The van der Waals surface area contributed by atoms with Crippen molar-refractivity contribution in [3.05, 3.63) is 35.2 Å². The number of fused-ring (bicyclic) bond motifs is 1. The summed E-state index contributed by atoms with van der Waals surface area (Å²) in [6.07, 6.45) is 0.577. The van der Waals surface area contributed by atoms with Crippen LogP contribution in [0.1, 0.15) is 31.2 Å². The van der Waals surface area contributed by atoms with Crippen molar-refractivity contribution in [1.29, 1.82) is 0 Å². The normalized spacial score (nSPS) is 14.8. The van der Waals surface area contributed by atoms with Gasteiger partial charge in [-0.1, -0.05) is 32.0 Å². The molecule has 0 saturated carbocycles. The van der Waals surface area contributed by atoms with Crippen LogP contribution >= 0.6 is 11.3 Å². The first-order valence-corrected chi connectivity index (χ1v) is 9.99. The highest BCUT2D eigenvalue weighted by Gasteiger charge is 2.15. The monoisotopic (exact) mass is 376 g/mol. The standard InChI is InChI=1S/C20H32N4OS/c1-14(2)10-16(24(4)5)12-22-20(21-3)23-13-17(25)19-11-15-8-6-7-9-18(15)26-19/h6-9,11,14,16-17,25H,10,12-13H2,1-5H3,(H2,21,22,23). The molecule has 3 N–H and O–H groups in total. The van der Waals surface area contributed by atoms with Gasteiger partial charge in [0.25, 0.3) is 0 Å². The zero-order valence-corrected chi connectivity index (χ0v) is 17.3. The maximum absolute atomic E-state index is 10.5. The molecule has 0 aliphatic heterocycles. The smallest absolute Gasteiger partial charge is 0.191 e. The van der Waals surface area contributed by atoms with Crippen molar-refractivity contribution in [2.75, 3.05) is 34.2 Å². The van der Waals surface area contributed by atoms with Gasteiger partial charge in [0, 0.05) is 35.8 Å². The van der Waals surface area contributed by atoms with Gasteiger partial charge in [-0.2, -0.15) is 0 Å². The lowest BCUT2D eigenvalue weighted by Gasteiger charge is -2.27. The summed E-state index contributed by atoms with van der Waals surface area (Å²) < 4.78 is 1.20. The van der Waals surface area contributed by atoms with Crippen LogP contribution in [0.15, 0.2) is 35.3 Å². The molecular weight excluding hydrogens is 344 g/mol. The highest BCUT2D eigenvalue weighted by Crippen LogP contribution is 2.29. The summed E-state index contributed by atoms with van der Waals surface area (Å²) >= 11 is 1.64. The quantitative estimate of drug-likeness (QED) is 0.489. The van der Waals surface area contributed by atoms with Crippen molar-refractivity contribution in [3.63, 3.8) is 0 Å². The molecule has 0 aliphatic carbocycles. The topological polar surface area (TPSA) is 59.9 Å². The Kier molecular flexibility index (Phi) is 7.87. The van der Waals surface area contributed by atoms with Crippen LogP contribution in [0.5, 0.6) is 0 Å². The summed E-state index contributed by atoms with van der Waals surface area (Å²) in [4.78, 5) is 7.49. The molecular formula is C20H32N4OS. The SMILES string of the molecule is CN=C(NCC(O)c1cc2ccccc2s1)NCC(CC(C)C)N(C)C. The molecule has 26 heavy (non-hydrogen) atoms. The van der Waals surface area contributed by atoms with Crippen LogP contribution in [0.25, 0.3) is 10.1 Å². The summed E-state index contributed by atoms with van der Waals surface area (Å²) in [7, 11) is 5.97. The molecule has 144 valence electrons. The second-order valence-electron chi connectivity index (χ2n) is 7.28. The number of benzene rings is 1. The number of aliphatic hydroxyl groups is 1. The van der Waals surface area contributed by atoms with Gasteiger partial charge in [-0.25, -0.2) is 0 Å². The molecule has 1 aromatic carbocycles. The van der Waals surface area contributed by atoms with E-state index in [4.69, 9.17) is 0 Å². The van der Waals surface area contributed by atoms with Gasteiger partial charge in [0.05, 0.1) is 0 Å². The number of aliphatic hydroxyl groups excluding tert-OH is 1. The maximum Gasteiger partial charge on any atom is 0.191 e. The fraction of sp³-hybridized carbons (Fsp3) is 0.550. The van der Waals surface area contributed by atoms with Crippen LogP contribution in [0.4, 0.5) is 0 Å². The van der Waals surface area contributed by atoms with Gasteiger partial charge in [0.2, 0.25) is 0 Å². The second-order valence-corrected chi connectivity index (χ2v) is 8.40. The summed E-state index contributed by atoms with van der Waals surface area (Å²) in [5.74, 6) is 1.37. The number of aliphatic imine (C=N–C) groups is 1. The van der Waals surface area contributed by atoms with E-state index in [1.807, 2.05) is 12.1 Å². The van der Waals surface area contributed by atoms with Gasteiger partial charge in [-0.3, -0.25) is 4.99 Å². The lowest BCUT2D eigenvalue weighted by molar-refractivity contribution is 0.184. The van der Waals surface area contributed by atoms with E-state index in [0.717, 1.165) is 23.8 Å². The largest absolute Gasteiger partial charge is 0.386 e. The summed E-state index contributed by atoms with van der Waals surface area (Å²) in [6.45, 7) is 5.74. The third kappa shape index (κ3) is 5.97. The van der Waals surface area contributed by atoms with E-state index in [9.17, 15) is 5.11 Å². The summed E-state index contributed by atoms with van der Waals surface area (Å²) in [6, 6.07) is 10.7. The number of nitrogens with one attached hydrogen (secondary N) is 2. The molecule has 2 atom stereocenters. The minimum Gasteiger partial charge on any atom is -0.386 e. The predicted octanol–water partition coefficient (Wildman–Crippen LogP) is 3.08. The number of rotatable bonds is 8. The Morgan fingerprint density at radius 1 is 1.19 bits per heavy atom. The van der Waals surface area contributed by atoms with E-state index in [1.165, 1.54) is 10.1 Å². The minimum absolute atomic E-state index is 0.434. The molecule has 5 nitrogen and oxygen atoms in total. The molecule has 6 heteroatoms. The number of hydrogen-bond acceptors (Lipinski definition) is 4. The highest BCUT2D eigenvalue weighted by molar-refractivity contribution is 7.19. The molecule has 0 aliphatic rings. The second kappa shape index (κ2) is 9.90. The van der Waals surface area contributed by atoms with Crippen LogP contribution in [0, 0.1) is 5.92 Å². The molecule has 0 radical (unpaired) electrons. The maximum atomic E-state index is 10.5. The van der Waals surface area contributed by atoms with Crippen LogP contribution < -0.4 is 10.6 Å². The number of hydrogen-bond donors (Lipinski definition) is 3. The van der Waals surface area contributed by atoms with E-state index < -0.39 is 6.10 Å². The Balaban J connectivity index is 1.87. The Hall–Kier alpha value is -1.63. The van der Waals surface area contributed by atoms with E-state index in [1.54, 1.807) is 18.4 Å². The van der Waals surface area contributed by atoms with Gasteiger partial charge >= 0.3 is 0 Å². The fourth-order valence-corrected chi connectivity index (χ4v) is 3.97. The minimum atomic E-state index is -0.550. The third-order valence-corrected chi connectivity index (χ3v) is 5.66. The highest BCUT2D eigenvalue weighted by atomic mass is 32.1. The zero-order chi connectivity index (χ0) is 19.1. The van der Waals surface area contributed by atoms with Gasteiger partial charge in [-0.15, -0.1) is 11.3 Å². The molecule has 0 amide bonds. The third-order valence-electron chi connectivity index (χ3n) is 4.44. The number of nitrogens with zero attached hydrogens (tertiary/aromatic N) is 2. The first-order chi connectivity index (χ1) is 12.4. The Labute approximate surface area is 161 Å². The zero-order valence-electron chi connectivity index (χ0n) is 16.5. The summed E-state index contributed by atoms with van der Waals surface area (Å²) in [5, 5.41) is 18.3. The van der Waals surface area contributed by atoms with Crippen molar-refractivity contribution >= 4 is 27.4 Å². The Bertz CT molecular complexity index is 678. The lowest BCUT2D eigenvalue weighted by Crippen LogP contribution is -2.46. The molecule has 0 bridgehead atoms. The summed E-state index contributed by atoms with van der Waals surface area (Å²) in [5.41, 5.74) is 0. The van der Waals surface area contributed by atoms with E-state index >= 15 is 0 Å². The van der Waals surface area contributed by atoms with E-state index in [-0.39, 0.29) is 0 Å². The van der Waals surface area contributed by atoms with Crippen LogP contribution in [-0.4, -0.2) is 56.2 Å². The number of thiophene rings is 1. The molecule has 2 unspecified atom stereocenters. The van der Waals surface area contributed by atoms with Crippen LogP contribution in [0.3, 0.4) is 0 Å². The molecule has 0 spiro atoms. The van der Waals surface area contributed by atoms with E-state index in [2.05, 4.69) is 66.7 Å². The molecule has 0 saturated heterocycles. The molecule has 2 rings (SSSR count). The lowest BCUT2D eigenvalue weighted by atomic mass is 10.0. The number of guanidine groups is 1. The Morgan fingerprint density at radius 3 is 2.50 bits per heavy atom. The average Bonchev–Trinajstić information content (AvgIpc) is 3.04. The molecule has 0 fully saturated rings.